The largest absolute Gasteiger partial charge is 0.341 e. The van der Waals surface area contributed by atoms with E-state index < -0.39 is 23.9 Å². The lowest BCUT2D eigenvalue weighted by atomic mass is 9.79. The number of hydrogen-bond acceptors (Lipinski definition) is 6. The molecule has 4 N–H and O–H groups in total. The zero-order chi connectivity index (χ0) is 22.7. The lowest BCUT2D eigenvalue weighted by molar-refractivity contribution is -0.528. The van der Waals surface area contributed by atoms with Crippen LogP contribution in [0.5, 0.6) is 0 Å². The molecule has 4 rings (SSSR count). The highest BCUT2D eigenvalue weighted by Crippen LogP contribution is 2.33. The van der Waals surface area contributed by atoms with E-state index in [0.717, 1.165) is 12.8 Å². The quantitative estimate of drug-likeness (QED) is 0.399. The summed E-state index contributed by atoms with van der Waals surface area (Å²) < 4.78 is 13.3. The van der Waals surface area contributed by atoms with Crippen molar-refractivity contribution in [2.45, 2.75) is 50.2 Å². The fourth-order valence-electron chi connectivity index (χ4n) is 5.08. The average molecular weight is 448 g/mol. The van der Waals surface area contributed by atoms with Gasteiger partial charge in [0, 0.05) is 55.0 Å². The van der Waals surface area contributed by atoms with E-state index in [1.54, 1.807) is 11.0 Å². The minimum Gasteiger partial charge on any atom is -0.341 e. The number of nitrogens with one attached hydrogen (secondary N) is 4. The van der Waals surface area contributed by atoms with Crippen molar-refractivity contribution in [3.05, 3.63) is 40.2 Å². The number of nitro groups is 1. The third-order valence-electron chi connectivity index (χ3n) is 6.75. The van der Waals surface area contributed by atoms with Crippen LogP contribution in [0.2, 0.25) is 0 Å². The van der Waals surface area contributed by atoms with Crippen molar-refractivity contribution in [1.29, 1.82) is 0 Å². The molecule has 2 aliphatic heterocycles. The second-order valence-electron chi connectivity index (χ2n) is 8.93. The number of rotatable bonds is 5. The molecule has 0 aromatic heterocycles. The molecule has 1 saturated carbocycles. The molecular formula is C21H29FN6O4. The predicted octanol–water partition coefficient (Wildman–Crippen LogP) is 1.48. The van der Waals surface area contributed by atoms with E-state index in [4.69, 9.17) is 0 Å². The number of fused-ring (bicyclic) bond motifs is 1. The zero-order valence-corrected chi connectivity index (χ0v) is 17.8. The Morgan fingerprint density at radius 1 is 1.25 bits per heavy atom. The number of carbonyl (C=O) groups excluding carboxylic acids is 2. The summed E-state index contributed by atoms with van der Waals surface area (Å²) in [6, 6.07) is 4.27. The summed E-state index contributed by atoms with van der Waals surface area (Å²) in [7, 11) is 0. The highest BCUT2D eigenvalue weighted by atomic mass is 19.1. The van der Waals surface area contributed by atoms with Gasteiger partial charge >= 0.3 is 6.03 Å². The molecule has 0 radical (unpaired) electrons. The molecule has 5 atom stereocenters. The second-order valence-corrected chi connectivity index (χ2v) is 8.93. The standard InChI is InChI=1S/C21H29FN6O4/c22-14-4-1-5-15(9-14)24-21(30)23-11-13-3-2-8-27(12-13)20(29)19-17-10-16(28(31)32)6-7-18(17)25-26-19/h1,4-5,9,13,16-19,25-26H,2-3,6-8,10-12H2,(H2,23,24,30). The summed E-state index contributed by atoms with van der Waals surface area (Å²) in [5.41, 5.74) is 6.61. The van der Waals surface area contributed by atoms with Gasteiger partial charge < -0.3 is 15.5 Å². The number of carbonyl (C=O) groups is 2. The summed E-state index contributed by atoms with van der Waals surface area (Å²) in [4.78, 5) is 38.2. The maximum atomic E-state index is 13.3. The lowest BCUT2D eigenvalue weighted by Crippen LogP contribution is -2.52. The van der Waals surface area contributed by atoms with Crippen LogP contribution in [-0.4, -0.2) is 59.5 Å². The molecule has 2 saturated heterocycles. The van der Waals surface area contributed by atoms with Crippen LogP contribution in [0.3, 0.4) is 0 Å². The minimum atomic E-state index is -0.594. The number of benzene rings is 1. The van der Waals surface area contributed by atoms with Gasteiger partial charge in [0.15, 0.2) is 0 Å². The summed E-state index contributed by atoms with van der Waals surface area (Å²) in [6.07, 6.45) is 3.32. The van der Waals surface area contributed by atoms with Gasteiger partial charge in [-0.25, -0.2) is 14.6 Å². The van der Waals surface area contributed by atoms with E-state index in [0.29, 0.717) is 44.6 Å². The molecular weight excluding hydrogens is 419 g/mol. The number of halogens is 1. The van der Waals surface area contributed by atoms with Crippen molar-refractivity contribution in [3.63, 3.8) is 0 Å². The summed E-state index contributed by atoms with van der Waals surface area (Å²) in [5, 5.41) is 16.6. The van der Waals surface area contributed by atoms with Crippen molar-refractivity contribution in [2.75, 3.05) is 25.0 Å². The maximum absolute atomic E-state index is 13.3. The van der Waals surface area contributed by atoms with E-state index in [2.05, 4.69) is 21.5 Å². The first-order chi connectivity index (χ1) is 15.4. The van der Waals surface area contributed by atoms with Gasteiger partial charge in [-0.05, 0) is 43.4 Å². The molecule has 32 heavy (non-hydrogen) atoms. The Labute approximate surface area is 185 Å². The molecule has 10 nitrogen and oxygen atoms in total. The van der Waals surface area contributed by atoms with Gasteiger partial charge in [0.2, 0.25) is 11.9 Å². The Morgan fingerprint density at radius 3 is 2.88 bits per heavy atom. The van der Waals surface area contributed by atoms with Crippen molar-refractivity contribution in [2.24, 2.45) is 11.8 Å². The Bertz CT molecular complexity index is 870. The van der Waals surface area contributed by atoms with Crippen LogP contribution in [0.1, 0.15) is 32.1 Å². The maximum Gasteiger partial charge on any atom is 0.319 e. The Kier molecular flexibility index (Phi) is 6.85. The Morgan fingerprint density at radius 2 is 2.09 bits per heavy atom. The third-order valence-corrected chi connectivity index (χ3v) is 6.75. The number of likely N-dealkylation sites (tertiary alicyclic amines) is 1. The molecule has 1 aromatic rings. The van der Waals surface area contributed by atoms with Crippen molar-refractivity contribution in [3.8, 4) is 0 Å². The SMILES string of the molecule is O=C(NCC1CCCN(C(=O)C2NNC3CCC([N+](=O)[O-])CC32)C1)Nc1cccc(F)c1. The number of hydrogen-bond donors (Lipinski definition) is 4. The van der Waals surface area contributed by atoms with Crippen LogP contribution in [-0.2, 0) is 4.79 Å². The van der Waals surface area contributed by atoms with Crippen LogP contribution in [0.4, 0.5) is 14.9 Å². The first-order valence-corrected chi connectivity index (χ1v) is 11.1. The van der Waals surface area contributed by atoms with E-state index >= 15 is 0 Å². The number of hydrazine groups is 1. The predicted molar refractivity (Wildman–Crippen MR) is 115 cm³/mol. The Hall–Kier alpha value is -2.79. The van der Waals surface area contributed by atoms with Crippen LogP contribution in [0.15, 0.2) is 24.3 Å². The van der Waals surface area contributed by atoms with Gasteiger partial charge in [-0.1, -0.05) is 6.07 Å². The van der Waals surface area contributed by atoms with Gasteiger partial charge in [0.25, 0.3) is 0 Å². The van der Waals surface area contributed by atoms with E-state index in [9.17, 15) is 24.1 Å². The molecule has 2 heterocycles. The molecule has 0 spiro atoms. The van der Waals surface area contributed by atoms with Crippen LogP contribution < -0.4 is 21.5 Å². The fourth-order valence-corrected chi connectivity index (χ4v) is 5.08. The highest BCUT2D eigenvalue weighted by Gasteiger charge is 2.47. The normalized spacial score (nSPS) is 29.8. The monoisotopic (exact) mass is 448 g/mol. The molecule has 5 unspecified atom stereocenters. The lowest BCUT2D eigenvalue weighted by Gasteiger charge is -2.36. The topological polar surface area (TPSA) is 129 Å². The molecule has 174 valence electrons. The molecule has 3 amide bonds. The average Bonchev–Trinajstić information content (AvgIpc) is 3.20. The molecule has 11 heteroatoms. The molecule has 1 aromatic carbocycles. The molecule has 1 aliphatic carbocycles. The molecule has 0 bridgehead atoms. The number of nitrogens with zero attached hydrogens (tertiary/aromatic N) is 2. The van der Waals surface area contributed by atoms with E-state index in [1.165, 1.54) is 18.2 Å². The van der Waals surface area contributed by atoms with E-state index in [-0.39, 0.29) is 28.7 Å². The minimum absolute atomic E-state index is 0.0390. The van der Waals surface area contributed by atoms with Gasteiger partial charge in [0.05, 0.1) is 0 Å². The smallest absolute Gasteiger partial charge is 0.319 e. The van der Waals surface area contributed by atoms with Crippen molar-refractivity contribution >= 4 is 17.6 Å². The number of anilines is 1. The third kappa shape index (κ3) is 5.16. The number of amides is 3. The molecule has 3 aliphatic rings. The summed E-state index contributed by atoms with van der Waals surface area (Å²) >= 11 is 0. The highest BCUT2D eigenvalue weighted by molar-refractivity contribution is 5.89. The van der Waals surface area contributed by atoms with Crippen molar-refractivity contribution < 1.29 is 18.9 Å². The number of urea groups is 1. The number of piperidine rings is 1. The van der Waals surface area contributed by atoms with E-state index in [1.807, 2.05) is 0 Å². The van der Waals surface area contributed by atoms with Gasteiger partial charge in [-0.3, -0.25) is 20.3 Å². The fraction of sp³-hybridized carbons (Fsp3) is 0.619. The zero-order valence-electron chi connectivity index (χ0n) is 17.8. The van der Waals surface area contributed by atoms with Crippen LogP contribution in [0.25, 0.3) is 0 Å². The van der Waals surface area contributed by atoms with Crippen molar-refractivity contribution in [1.82, 2.24) is 21.1 Å². The molecule has 3 fully saturated rings. The summed E-state index contributed by atoms with van der Waals surface area (Å²) in [5.74, 6) is -0.455. The van der Waals surface area contributed by atoms with Crippen LogP contribution in [0, 0.1) is 27.8 Å². The van der Waals surface area contributed by atoms with Crippen LogP contribution >= 0.6 is 0 Å². The Balaban J connectivity index is 1.28. The van der Waals surface area contributed by atoms with Gasteiger partial charge in [0.1, 0.15) is 11.9 Å². The van der Waals surface area contributed by atoms with Gasteiger partial charge in [-0.15, -0.1) is 0 Å². The summed E-state index contributed by atoms with van der Waals surface area (Å²) in [6.45, 7) is 1.56. The van der Waals surface area contributed by atoms with Gasteiger partial charge in [-0.2, -0.15) is 0 Å². The second kappa shape index (κ2) is 9.78. The first kappa shape index (κ1) is 22.4. The first-order valence-electron chi connectivity index (χ1n) is 11.1.